The predicted octanol–water partition coefficient (Wildman–Crippen LogP) is 3.30. The molecule has 0 radical (unpaired) electrons. The molecule has 0 fully saturated rings. The molecule has 0 unspecified atom stereocenters. The van der Waals surface area contributed by atoms with Gasteiger partial charge in [0.1, 0.15) is 17.3 Å². The number of ether oxygens (including phenoxy) is 2. The van der Waals surface area contributed by atoms with E-state index in [1.165, 1.54) is 0 Å². The van der Waals surface area contributed by atoms with Crippen LogP contribution in [-0.2, 0) is 0 Å². The van der Waals surface area contributed by atoms with Gasteiger partial charge in [0, 0.05) is 23.2 Å². The fraction of sp³-hybridized carbons (Fsp3) is 0.400. The summed E-state index contributed by atoms with van der Waals surface area (Å²) in [5.41, 5.74) is 1.82. The normalized spacial score (nSPS) is 11.2. The van der Waals surface area contributed by atoms with E-state index in [9.17, 15) is 0 Å². The Bertz CT molecular complexity index is 585. The van der Waals surface area contributed by atoms with Gasteiger partial charge in [-0.1, -0.05) is 0 Å². The molecule has 20 heavy (non-hydrogen) atoms. The predicted molar refractivity (Wildman–Crippen MR) is 80.5 cm³/mol. The minimum Gasteiger partial charge on any atom is -0.497 e. The Morgan fingerprint density at radius 3 is 2.45 bits per heavy atom. The van der Waals surface area contributed by atoms with Crippen LogP contribution in [0.15, 0.2) is 24.3 Å². The van der Waals surface area contributed by atoms with Gasteiger partial charge in [-0.15, -0.1) is 0 Å². The zero-order valence-electron chi connectivity index (χ0n) is 12.6. The molecule has 0 spiro atoms. The third-order valence-corrected chi connectivity index (χ3v) is 2.78. The second kappa shape index (κ2) is 5.45. The van der Waals surface area contributed by atoms with E-state index >= 15 is 0 Å². The largest absolute Gasteiger partial charge is 0.497 e. The summed E-state index contributed by atoms with van der Waals surface area (Å²) in [5.74, 6) is 2.32. The van der Waals surface area contributed by atoms with E-state index in [0.717, 1.165) is 28.6 Å². The lowest BCUT2D eigenvalue weighted by Gasteiger charge is -2.19. The van der Waals surface area contributed by atoms with Crippen LogP contribution in [0.4, 0.5) is 5.82 Å². The summed E-state index contributed by atoms with van der Waals surface area (Å²) in [5, 5.41) is 10.6. The average Bonchev–Trinajstić information content (AvgIpc) is 2.83. The Hall–Kier alpha value is -2.17. The minimum absolute atomic E-state index is 0.0313. The molecular weight excluding hydrogens is 254 g/mol. The van der Waals surface area contributed by atoms with Crippen molar-refractivity contribution in [2.24, 2.45) is 0 Å². The monoisotopic (exact) mass is 275 g/mol. The van der Waals surface area contributed by atoms with Gasteiger partial charge in [0.05, 0.1) is 19.9 Å². The quantitative estimate of drug-likeness (QED) is 0.898. The number of rotatable bonds is 4. The van der Waals surface area contributed by atoms with Crippen LogP contribution in [0.2, 0.25) is 0 Å². The Morgan fingerprint density at radius 2 is 1.85 bits per heavy atom. The van der Waals surface area contributed by atoms with Gasteiger partial charge in [-0.2, -0.15) is 5.10 Å². The van der Waals surface area contributed by atoms with Crippen LogP contribution in [0, 0.1) is 0 Å². The number of benzene rings is 1. The van der Waals surface area contributed by atoms with Crippen LogP contribution < -0.4 is 14.8 Å². The lowest BCUT2D eigenvalue weighted by Crippen LogP contribution is -2.26. The van der Waals surface area contributed by atoms with Gasteiger partial charge in [0.2, 0.25) is 0 Å². The van der Waals surface area contributed by atoms with E-state index in [4.69, 9.17) is 9.47 Å². The molecule has 2 N–H and O–H groups in total. The van der Waals surface area contributed by atoms with Gasteiger partial charge in [-0.25, -0.2) is 0 Å². The number of H-pyrrole nitrogens is 1. The molecule has 5 heteroatoms. The van der Waals surface area contributed by atoms with E-state index in [0.29, 0.717) is 0 Å². The van der Waals surface area contributed by atoms with Crippen molar-refractivity contribution >= 4 is 5.82 Å². The van der Waals surface area contributed by atoms with Crippen molar-refractivity contribution in [3.05, 3.63) is 24.3 Å². The van der Waals surface area contributed by atoms with Gasteiger partial charge in [0.15, 0.2) is 0 Å². The fourth-order valence-corrected chi connectivity index (χ4v) is 1.93. The molecule has 0 saturated heterocycles. The van der Waals surface area contributed by atoms with Gasteiger partial charge in [0.25, 0.3) is 0 Å². The highest BCUT2D eigenvalue weighted by Crippen LogP contribution is 2.33. The summed E-state index contributed by atoms with van der Waals surface area (Å²) >= 11 is 0. The maximum Gasteiger partial charge on any atom is 0.148 e. The zero-order chi connectivity index (χ0) is 14.8. The van der Waals surface area contributed by atoms with Gasteiger partial charge in [-0.3, -0.25) is 5.10 Å². The smallest absolute Gasteiger partial charge is 0.148 e. The fourth-order valence-electron chi connectivity index (χ4n) is 1.93. The highest BCUT2D eigenvalue weighted by molar-refractivity contribution is 5.70. The number of anilines is 1. The van der Waals surface area contributed by atoms with Gasteiger partial charge < -0.3 is 14.8 Å². The molecule has 1 heterocycles. The first-order chi connectivity index (χ1) is 9.43. The zero-order valence-corrected chi connectivity index (χ0v) is 12.6. The van der Waals surface area contributed by atoms with Crippen LogP contribution in [0.25, 0.3) is 11.3 Å². The molecule has 2 aromatic rings. The molecule has 0 aliphatic heterocycles. The van der Waals surface area contributed by atoms with Crippen molar-refractivity contribution in [1.29, 1.82) is 0 Å². The third-order valence-electron chi connectivity index (χ3n) is 2.78. The number of hydrogen-bond acceptors (Lipinski definition) is 4. The molecular formula is C15H21N3O2. The summed E-state index contributed by atoms with van der Waals surface area (Å²) in [7, 11) is 3.28. The second-order valence-corrected chi connectivity index (χ2v) is 5.61. The van der Waals surface area contributed by atoms with Gasteiger partial charge in [-0.05, 0) is 32.9 Å². The number of aromatic nitrogens is 2. The maximum atomic E-state index is 5.40. The number of hydrogen-bond donors (Lipinski definition) is 2. The molecule has 5 nitrogen and oxygen atoms in total. The van der Waals surface area contributed by atoms with E-state index in [1.54, 1.807) is 14.2 Å². The summed E-state index contributed by atoms with van der Waals surface area (Å²) < 4.78 is 10.6. The maximum absolute atomic E-state index is 5.40. The summed E-state index contributed by atoms with van der Waals surface area (Å²) in [6, 6.07) is 7.67. The first-order valence-electron chi connectivity index (χ1n) is 6.49. The topological polar surface area (TPSA) is 59.2 Å². The molecule has 108 valence electrons. The molecule has 0 saturated carbocycles. The molecule has 0 bridgehead atoms. The number of aromatic amines is 1. The Morgan fingerprint density at radius 1 is 1.10 bits per heavy atom. The second-order valence-electron chi connectivity index (χ2n) is 5.61. The molecule has 0 atom stereocenters. The van der Waals surface area contributed by atoms with Crippen molar-refractivity contribution in [1.82, 2.24) is 10.2 Å². The highest BCUT2D eigenvalue weighted by Gasteiger charge is 2.14. The first kappa shape index (κ1) is 14.2. The first-order valence-corrected chi connectivity index (χ1v) is 6.49. The minimum atomic E-state index is -0.0313. The van der Waals surface area contributed by atoms with Crippen molar-refractivity contribution in [3.63, 3.8) is 0 Å². The standard InChI is InChI=1S/C15H21N3O2/c1-15(2,3)16-14-9-12(17-18-14)11-7-6-10(19-4)8-13(11)20-5/h6-9H,1-5H3,(H2,16,17,18). The summed E-state index contributed by atoms with van der Waals surface area (Å²) in [6.45, 7) is 6.28. The number of nitrogens with zero attached hydrogens (tertiary/aromatic N) is 1. The Labute approximate surface area is 119 Å². The Kier molecular flexibility index (Phi) is 3.88. The molecule has 0 amide bonds. The lowest BCUT2D eigenvalue weighted by molar-refractivity contribution is 0.395. The van der Waals surface area contributed by atoms with Crippen LogP contribution >= 0.6 is 0 Å². The van der Waals surface area contributed by atoms with Crippen molar-refractivity contribution in [2.75, 3.05) is 19.5 Å². The molecule has 2 rings (SSSR count). The number of methoxy groups -OCH3 is 2. The van der Waals surface area contributed by atoms with Crippen LogP contribution in [0.1, 0.15) is 20.8 Å². The molecule has 0 aliphatic carbocycles. The molecule has 1 aromatic carbocycles. The molecule has 0 aliphatic rings. The average molecular weight is 275 g/mol. The third kappa shape index (κ3) is 3.23. The van der Waals surface area contributed by atoms with E-state index in [1.807, 2.05) is 24.3 Å². The lowest BCUT2D eigenvalue weighted by atomic mass is 10.1. The van der Waals surface area contributed by atoms with E-state index < -0.39 is 0 Å². The highest BCUT2D eigenvalue weighted by atomic mass is 16.5. The summed E-state index contributed by atoms with van der Waals surface area (Å²) in [6.07, 6.45) is 0. The van der Waals surface area contributed by atoms with Crippen LogP contribution in [0.5, 0.6) is 11.5 Å². The van der Waals surface area contributed by atoms with Crippen molar-refractivity contribution in [3.8, 4) is 22.8 Å². The van der Waals surface area contributed by atoms with Crippen LogP contribution in [0.3, 0.4) is 0 Å². The van der Waals surface area contributed by atoms with E-state index in [-0.39, 0.29) is 5.54 Å². The van der Waals surface area contributed by atoms with Gasteiger partial charge >= 0.3 is 0 Å². The number of nitrogens with one attached hydrogen (secondary N) is 2. The Balaban J connectivity index is 2.32. The summed E-state index contributed by atoms with van der Waals surface area (Å²) in [4.78, 5) is 0. The van der Waals surface area contributed by atoms with E-state index in [2.05, 4.69) is 36.3 Å². The molecule has 1 aromatic heterocycles. The van der Waals surface area contributed by atoms with Crippen molar-refractivity contribution < 1.29 is 9.47 Å². The van der Waals surface area contributed by atoms with Crippen LogP contribution in [-0.4, -0.2) is 30.0 Å². The SMILES string of the molecule is COc1ccc(-c2cc(NC(C)(C)C)n[nH]2)c(OC)c1. The van der Waals surface area contributed by atoms with Crippen molar-refractivity contribution in [2.45, 2.75) is 26.3 Å².